The molecule has 19 heavy (non-hydrogen) atoms. The van der Waals surface area contributed by atoms with Gasteiger partial charge >= 0.3 is 5.97 Å². The predicted molar refractivity (Wildman–Crippen MR) is 71.0 cm³/mol. The molecule has 0 bridgehead atoms. The van der Waals surface area contributed by atoms with Crippen molar-refractivity contribution in [1.29, 1.82) is 5.41 Å². The van der Waals surface area contributed by atoms with E-state index in [1.807, 2.05) is 0 Å². The van der Waals surface area contributed by atoms with Crippen molar-refractivity contribution in [2.24, 2.45) is 11.5 Å². The largest absolute Gasteiger partial charge is 0.478 e. The first-order valence-electron chi connectivity index (χ1n) is 4.69. The highest BCUT2D eigenvalue weighted by Gasteiger charge is 2.02. The molecule has 0 unspecified atom stereocenters. The number of rotatable bonds is 2. The van der Waals surface area contributed by atoms with E-state index < -0.39 is 17.6 Å². The zero-order chi connectivity index (χ0) is 14.3. The van der Waals surface area contributed by atoms with Crippen LogP contribution in [0.5, 0.6) is 0 Å². The second-order valence-electron chi connectivity index (χ2n) is 3.29. The van der Waals surface area contributed by atoms with E-state index in [0.29, 0.717) is 0 Å². The van der Waals surface area contributed by atoms with Gasteiger partial charge in [-0.25, -0.2) is 13.6 Å². The third-order valence-electron chi connectivity index (χ3n) is 1.61. The van der Waals surface area contributed by atoms with Crippen molar-refractivity contribution in [1.82, 2.24) is 0 Å². The maximum absolute atomic E-state index is 12.7. The maximum Gasteiger partial charge on any atom is 0.331 e. The van der Waals surface area contributed by atoms with Gasteiger partial charge in [-0.3, -0.25) is 5.41 Å². The zero-order valence-electron chi connectivity index (χ0n) is 9.98. The molecule has 0 atom stereocenters. The molecule has 8 heteroatoms. The van der Waals surface area contributed by atoms with Crippen LogP contribution in [-0.4, -0.2) is 17.0 Å². The Morgan fingerprint density at radius 1 is 1.26 bits per heavy atom. The molecule has 5 nitrogen and oxygen atoms in total. The van der Waals surface area contributed by atoms with Crippen LogP contribution in [0.25, 0.3) is 6.08 Å². The summed E-state index contributed by atoms with van der Waals surface area (Å²) in [5.41, 5.74) is 9.16. The summed E-state index contributed by atoms with van der Waals surface area (Å²) in [6, 6.07) is 2.86. The van der Waals surface area contributed by atoms with Gasteiger partial charge in [0.25, 0.3) is 0 Å². The van der Waals surface area contributed by atoms with Crippen LogP contribution in [0.4, 0.5) is 8.78 Å². The number of carbonyl (C=O) groups is 1. The second-order valence-corrected chi connectivity index (χ2v) is 3.29. The number of hydrogen-bond acceptors (Lipinski definition) is 2. The molecule has 0 saturated carbocycles. The molecule has 0 spiro atoms. The van der Waals surface area contributed by atoms with Crippen molar-refractivity contribution in [2.75, 3.05) is 0 Å². The summed E-state index contributed by atoms with van der Waals surface area (Å²) in [5, 5.41) is 14.6. The second kappa shape index (κ2) is 8.87. The highest BCUT2D eigenvalue weighted by Crippen LogP contribution is 2.11. The van der Waals surface area contributed by atoms with Crippen LogP contribution < -0.4 is 11.5 Å². The van der Waals surface area contributed by atoms with Gasteiger partial charge in [0.15, 0.2) is 5.96 Å². The molecule has 0 aliphatic heterocycles. The minimum Gasteiger partial charge on any atom is -0.478 e. The lowest BCUT2D eigenvalue weighted by atomic mass is 10.1. The topological polar surface area (TPSA) is 113 Å². The van der Waals surface area contributed by atoms with Gasteiger partial charge in [-0.1, -0.05) is 0 Å². The average molecular weight is 294 g/mol. The molecule has 0 radical (unpaired) electrons. The summed E-state index contributed by atoms with van der Waals surface area (Å²) in [5.74, 6) is -2.90. The van der Waals surface area contributed by atoms with Crippen LogP contribution >= 0.6 is 12.4 Å². The van der Waals surface area contributed by atoms with E-state index in [2.05, 4.69) is 11.5 Å². The number of halogens is 3. The smallest absolute Gasteiger partial charge is 0.331 e. The van der Waals surface area contributed by atoms with Crippen molar-refractivity contribution in [3.8, 4) is 0 Å². The number of carboxylic acids is 1. The summed E-state index contributed by atoms with van der Waals surface area (Å²) in [4.78, 5) is 10.4. The monoisotopic (exact) mass is 293 g/mol. The molecule has 0 saturated heterocycles. The summed E-state index contributed by atoms with van der Waals surface area (Å²) in [6.07, 6.45) is 1.20. The number of carboxylic acid groups (broad SMARTS) is 1. The van der Waals surface area contributed by atoms with Crippen LogP contribution in [0.1, 0.15) is 12.5 Å². The number of benzene rings is 1. The quantitative estimate of drug-likeness (QED) is 0.377. The van der Waals surface area contributed by atoms with Crippen LogP contribution in [0.3, 0.4) is 0 Å². The Balaban J connectivity index is 0. The molecule has 6 N–H and O–H groups in total. The van der Waals surface area contributed by atoms with E-state index >= 15 is 0 Å². The van der Waals surface area contributed by atoms with E-state index in [0.717, 1.165) is 18.2 Å². The molecule has 0 aromatic heterocycles. The Hall–Kier alpha value is -2.15. The molecule has 1 aromatic carbocycles. The van der Waals surface area contributed by atoms with Gasteiger partial charge in [0.05, 0.1) is 0 Å². The maximum atomic E-state index is 12.7. The Labute approximate surface area is 114 Å². The first-order valence-corrected chi connectivity index (χ1v) is 4.69. The van der Waals surface area contributed by atoms with Crippen molar-refractivity contribution >= 4 is 30.4 Å². The van der Waals surface area contributed by atoms with Crippen molar-refractivity contribution in [3.63, 3.8) is 0 Å². The van der Waals surface area contributed by atoms with Gasteiger partial charge in [0.1, 0.15) is 11.6 Å². The number of guanidine groups is 1. The van der Waals surface area contributed by atoms with Gasteiger partial charge < -0.3 is 16.6 Å². The van der Waals surface area contributed by atoms with Gasteiger partial charge in [-0.2, -0.15) is 0 Å². The van der Waals surface area contributed by atoms with Crippen molar-refractivity contribution in [3.05, 3.63) is 41.0 Å². The van der Waals surface area contributed by atoms with Crippen molar-refractivity contribution in [2.45, 2.75) is 6.92 Å². The number of nitrogens with two attached hydrogens (primary N) is 2. The fourth-order valence-electron chi connectivity index (χ4n) is 0.970. The Morgan fingerprint density at radius 3 is 1.95 bits per heavy atom. The average Bonchev–Trinajstić information content (AvgIpc) is 2.14. The molecule has 1 rings (SSSR count). The summed E-state index contributed by atoms with van der Waals surface area (Å²) in [7, 11) is 0. The van der Waals surface area contributed by atoms with E-state index in [1.165, 1.54) is 13.0 Å². The van der Waals surface area contributed by atoms with Crippen LogP contribution in [0.15, 0.2) is 23.8 Å². The normalized spacial score (nSPS) is 9.74. The van der Waals surface area contributed by atoms with Gasteiger partial charge in [0.2, 0.25) is 0 Å². The standard InChI is InChI=1S/C10H8F2O2.CH5N3.ClH/c1-6(10(13)14)2-7-3-8(11)5-9(12)4-7;2-1(3)4;/h2-5H,1H3,(H,13,14);(H5,2,3,4);1H. The molecular weight excluding hydrogens is 280 g/mol. The lowest BCUT2D eigenvalue weighted by Gasteiger charge is -1.97. The first kappa shape index (κ1) is 19.2. The van der Waals surface area contributed by atoms with E-state index in [1.54, 1.807) is 0 Å². The van der Waals surface area contributed by atoms with Gasteiger partial charge in [-0.15, -0.1) is 12.4 Å². The molecule has 0 amide bonds. The Morgan fingerprint density at radius 2 is 1.63 bits per heavy atom. The summed E-state index contributed by atoms with van der Waals surface area (Å²) < 4.78 is 25.3. The highest BCUT2D eigenvalue weighted by atomic mass is 35.5. The first-order chi connectivity index (χ1) is 8.22. The molecule has 1 aromatic rings. The SMILES string of the molecule is CC(=Cc1cc(F)cc(F)c1)C(=O)O.Cl.N=C(N)N. The zero-order valence-corrected chi connectivity index (χ0v) is 10.8. The fourth-order valence-corrected chi connectivity index (χ4v) is 0.970. The molecule has 0 heterocycles. The molecular formula is C11H14ClF2N3O2. The van der Waals surface area contributed by atoms with E-state index in [9.17, 15) is 13.6 Å². The fraction of sp³-hybridized carbons (Fsp3) is 0.0909. The third kappa shape index (κ3) is 9.54. The molecule has 0 aliphatic rings. The summed E-state index contributed by atoms with van der Waals surface area (Å²) in [6.45, 7) is 1.35. The summed E-state index contributed by atoms with van der Waals surface area (Å²) >= 11 is 0. The molecule has 0 fully saturated rings. The van der Waals surface area contributed by atoms with Crippen LogP contribution in [0, 0.1) is 17.0 Å². The van der Waals surface area contributed by atoms with E-state index in [-0.39, 0.29) is 29.5 Å². The van der Waals surface area contributed by atoms with Gasteiger partial charge in [0, 0.05) is 11.6 Å². The number of nitrogens with one attached hydrogen (secondary N) is 1. The predicted octanol–water partition coefficient (Wildman–Crippen LogP) is 1.71. The van der Waals surface area contributed by atoms with Crippen LogP contribution in [-0.2, 0) is 4.79 Å². The van der Waals surface area contributed by atoms with E-state index in [4.69, 9.17) is 10.5 Å². The van der Waals surface area contributed by atoms with Gasteiger partial charge in [-0.05, 0) is 30.7 Å². The number of hydrogen-bond donors (Lipinski definition) is 4. The van der Waals surface area contributed by atoms with Crippen LogP contribution in [0.2, 0.25) is 0 Å². The molecule has 0 aliphatic carbocycles. The Kier molecular flexibility index (Phi) is 8.96. The molecule has 106 valence electrons. The lowest BCUT2D eigenvalue weighted by Crippen LogP contribution is -2.20. The Bertz CT molecular complexity index is 469. The highest BCUT2D eigenvalue weighted by molar-refractivity contribution is 5.91. The minimum absolute atomic E-state index is 0. The lowest BCUT2D eigenvalue weighted by molar-refractivity contribution is -0.132. The minimum atomic E-state index is -1.12. The van der Waals surface area contributed by atoms with Crippen molar-refractivity contribution < 1.29 is 18.7 Å². The third-order valence-corrected chi connectivity index (χ3v) is 1.61. The number of aliphatic carboxylic acids is 1.